The molecule has 0 radical (unpaired) electrons. The van der Waals surface area contributed by atoms with Gasteiger partial charge in [0.1, 0.15) is 0 Å². The van der Waals surface area contributed by atoms with Crippen LogP contribution in [0.5, 0.6) is 0 Å². The minimum atomic E-state index is -1.05. The maximum absolute atomic E-state index is 14.1. The van der Waals surface area contributed by atoms with Crippen LogP contribution in [-0.2, 0) is 0 Å². The summed E-state index contributed by atoms with van der Waals surface area (Å²) >= 11 is 0. The van der Waals surface area contributed by atoms with Crippen molar-refractivity contribution in [2.24, 2.45) is 5.92 Å². The van der Waals surface area contributed by atoms with Gasteiger partial charge < -0.3 is 5.11 Å². The molecular formula is C18H24F2O. The molecule has 0 amide bonds. The van der Waals surface area contributed by atoms with Crippen LogP contribution in [0.4, 0.5) is 8.78 Å². The Morgan fingerprint density at radius 3 is 2.14 bits per heavy atom. The molecule has 1 N–H and O–H groups in total. The zero-order chi connectivity index (χ0) is 16.6. The first-order valence-corrected chi connectivity index (χ1v) is 6.82. The summed E-state index contributed by atoms with van der Waals surface area (Å²) in [6.45, 7) is 17.6. The van der Waals surface area contributed by atoms with E-state index in [-0.39, 0.29) is 22.6 Å². The van der Waals surface area contributed by atoms with E-state index in [0.717, 1.165) is 0 Å². The molecule has 2 unspecified atom stereocenters. The van der Waals surface area contributed by atoms with Gasteiger partial charge in [-0.15, -0.1) is 0 Å². The van der Waals surface area contributed by atoms with Crippen molar-refractivity contribution < 1.29 is 13.9 Å². The third-order valence-corrected chi connectivity index (χ3v) is 3.17. The number of allylic oxidation sites excluding steroid dienone is 8. The lowest BCUT2D eigenvalue weighted by Gasteiger charge is -2.15. The van der Waals surface area contributed by atoms with Crippen LogP contribution >= 0.6 is 0 Å². The lowest BCUT2D eigenvalue weighted by Crippen LogP contribution is -2.06. The predicted molar refractivity (Wildman–Crippen MR) is 86.1 cm³/mol. The predicted octanol–water partition coefficient (Wildman–Crippen LogP) is 5.34. The summed E-state index contributed by atoms with van der Waals surface area (Å²) < 4.78 is 28.1. The maximum atomic E-state index is 14.1. The van der Waals surface area contributed by atoms with Crippen LogP contribution in [0.1, 0.15) is 26.7 Å². The minimum absolute atomic E-state index is 0.0646. The summed E-state index contributed by atoms with van der Waals surface area (Å²) in [4.78, 5) is 0. The van der Waals surface area contributed by atoms with E-state index < -0.39 is 17.8 Å². The molecule has 2 atom stereocenters. The molecule has 3 heteroatoms. The monoisotopic (exact) mass is 294 g/mol. The topological polar surface area (TPSA) is 20.2 Å². The number of rotatable bonds is 9. The molecule has 0 heterocycles. The van der Waals surface area contributed by atoms with Crippen molar-refractivity contribution in [2.45, 2.75) is 32.8 Å². The Bertz CT molecular complexity index is 481. The van der Waals surface area contributed by atoms with Gasteiger partial charge in [-0.3, -0.25) is 0 Å². The summed E-state index contributed by atoms with van der Waals surface area (Å²) in [6, 6.07) is 0. The van der Waals surface area contributed by atoms with E-state index >= 15 is 0 Å². The molecule has 0 aromatic rings. The molecule has 0 saturated heterocycles. The Balaban J connectivity index is 4.99. The van der Waals surface area contributed by atoms with Gasteiger partial charge in [0.05, 0.1) is 6.10 Å². The van der Waals surface area contributed by atoms with E-state index in [1.807, 2.05) is 0 Å². The maximum Gasteiger partial charge on any atom is 0.166 e. The molecule has 0 aromatic heterocycles. The van der Waals surface area contributed by atoms with Gasteiger partial charge in [-0.05, 0) is 36.8 Å². The number of aliphatic hydroxyl groups is 1. The fraction of sp³-hybridized carbons (Fsp3) is 0.333. The highest BCUT2D eigenvalue weighted by molar-refractivity contribution is 5.49. The van der Waals surface area contributed by atoms with E-state index in [1.54, 1.807) is 19.9 Å². The van der Waals surface area contributed by atoms with Crippen LogP contribution in [0.25, 0.3) is 0 Å². The summed E-state index contributed by atoms with van der Waals surface area (Å²) in [5, 5.41) is 9.22. The summed E-state index contributed by atoms with van der Waals surface area (Å²) in [7, 11) is 0. The van der Waals surface area contributed by atoms with Crippen LogP contribution in [0.15, 0.2) is 72.9 Å². The van der Waals surface area contributed by atoms with Crippen molar-refractivity contribution in [1.29, 1.82) is 0 Å². The fourth-order valence-electron chi connectivity index (χ4n) is 1.58. The van der Waals surface area contributed by atoms with Gasteiger partial charge >= 0.3 is 0 Å². The van der Waals surface area contributed by atoms with E-state index in [0.29, 0.717) is 12.8 Å². The SMILES string of the molecule is C=C/C=C\C(=C)C(=C)/C(F)=C(/F)C(=C)C(C)CCC(C)O. The third kappa shape index (κ3) is 6.50. The summed E-state index contributed by atoms with van der Waals surface area (Å²) in [6.07, 6.45) is 5.14. The Labute approximate surface area is 126 Å². The highest BCUT2D eigenvalue weighted by atomic mass is 19.2. The van der Waals surface area contributed by atoms with E-state index in [9.17, 15) is 13.9 Å². The van der Waals surface area contributed by atoms with Gasteiger partial charge in [0.25, 0.3) is 0 Å². The van der Waals surface area contributed by atoms with Gasteiger partial charge in [-0.1, -0.05) is 51.5 Å². The van der Waals surface area contributed by atoms with Gasteiger partial charge in [0, 0.05) is 5.57 Å². The van der Waals surface area contributed by atoms with Crippen LogP contribution in [0, 0.1) is 5.92 Å². The summed E-state index contributed by atoms with van der Waals surface area (Å²) in [5.41, 5.74) is 0.219. The molecule has 0 aliphatic heterocycles. The van der Waals surface area contributed by atoms with Crippen LogP contribution in [-0.4, -0.2) is 11.2 Å². The molecule has 116 valence electrons. The quantitative estimate of drug-likeness (QED) is 0.569. The largest absolute Gasteiger partial charge is 0.393 e. The van der Waals surface area contributed by atoms with Crippen molar-refractivity contribution in [2.75, 3.05) is 0 Å². The van der Waals surface area contributed by atoms with Crippen molar-refractivity contribution in [3.63, 3.8) is 0 Å². The molecule has 0 bridgehead atoms. The van der Waals surface area contributed by atoms with E-state index in [4.69, 9.17) is 0 Å². The second kappa shape index (κ2) is 9.24. The molecular weight excluding hydrogens is 270 g/mol. The zero-order valence-corrected chi connectivity index (χ0v) is 12.8. The number of hydrogen-bond donors (Lipinski definition) is 1. The third-order valence-electron chi connectivity index (χ3n) is 3.17. The standard InChI is InChI=1S/C18H24F2O/c1-7-8-9-12(2)15(5)17(19)18(20)16(6)13(3)10-11-14(4)21/h7-9,13-14,21H,1-2,5-6,10-11H2,3-4H3/b9-8-,18-17-. The van der Waals surface area contributed by atoms with E-state index in [1.165, 1.54) is 12.2 Å². The fourth-order valence-corrected chi connectivity index (χ4v) is 1.58. The second-order valence-corrected chi connectivity index (χ2v) is 5.08. The molecule has 0 fully saturated rings. The minimum Gasteiger partial charge on any atom is -0.393 e. The van der Waals surface area contributed by atoms with Gasteiger partial charge in [0.15, 0.2) is 11.7 Å². The summed E-state index contributed by atoms with van der Waals surface area (Å²) in [5.74, 6) is -2.33. The first-order chi connectivity index (χ1) is 9.72. The first-order valence-electron chi connectivity index (χ1n) is 6.82. The van der Waals surface area contributed by atoms with Gasteiger partial charge in [-0.25, -0.2) is 8.78 Å². The molecule has 0 spiro atoms. The lowest BCUT2D eigenvalue weighted by atomic mass is 9.93. The molecule has 0 aliphatic carbocycles. The number of aliphatic hydroxyl groups excluding tert-OH is 1. The molecule has 1 nitrogen and oxygen atoms in total. The first kappa shape index (κ1) is 19.3. The highest BCUT2D eigenvalue weighted by Gasteiger charge is 2.18. The van der Waals surface area contributed by atoms with Crippen LogP contribution in [0.3, 0.4) is 0 Å². The Kier molecular flexibility index (Phi) is 8.48. The van der Waals surface area contributed by atoms with Crippen LogP contribution in [0.2, 0.25) is 0 Å². The van der Waals surface area contributed by atoms with Gasteiger partial charge in [-0.2, -0.15) is 0 Å². The smallest absolute Gasteiger partial charge is 0.166 e. The Morgan fingerprint density at radius 1 is 1.10 bits per heavy atom. The molecule has 0 rings (SSSR count). The molecule has 21 heavy (non-hydrogen) atoms. The Morgan fingerprint density at radius 2 is 1.67 bits per heavy atom. The second-order valence-electron chi connectivity index (χ2n) is 5.08. The zero-order valence-electron chi connectivity index (χ0n) is 12.8. The van der Waals surface area contributed by atoms with Gasteiger partial charge in [0.2, 0.25) is 0 Å². The number of hydrogen-bond acceptors (Lipinski definition) is 1. The van der Waals surface area contributed by atoms with Crippen molar-refractivity contribution in [3.05, 3.63) is 72.9 Å². The lowest BCUT2D eigenvalue weighted by molar-refractivity contribution is 0.177. The Hall–Kier alpha value is -1.74. The molecule has 0 aliphatic rings. The normalized spacial score (nSPS) is 15.3. The average Bonchev–Trinajstić information content (AvgIpc) is 2.46. The van der Waals surface area contributed by atoms with Crippen LogP contribution < -0.4 is 0 Å². The highest BCUT2D eigenvalue weighted by Crippen LogP contribution is 2.31. The van der Waals surface area contributed by atoms with Crippen molar-refractivity contribution in [3.8, 4) is 0 Å². The molecule has 0 saturated carbocycles. The number of halogens is 2. The average molecular weight is 294 g/mol. The molecule has 0 aromatic carbocycles. The van der Waals surface area contributed by atoms with E-state index in [2.05, 4.69) is 26.3 Å². The van der Waals surface area contributed by atoms with Crippen molar-refractivity contribution in [1.82, 2.24) is 0 Å². The van der Waals surface area contributed by atoms with Crippen molar-refractivity contribution >= 4 is 0 Å².